The first kappa shape index (κ1) is 12.6. The molecule has 1 unspecified atom stereocenters. The highest BCUT2D eigenvalue weighted by Gasteiger charge is 2.32. The van der Waals surface area contributed by atoms with Gasteiger partial charge in [0.1, 0.15) is 0 Å². The molecular weight excluding hydrogens is 234 g/mol. The van der Waals surface area contributed by atoms with Gasteiger partial charge in [0.2, 0.25) is 0 Å². The average Bonchev–Trinajstić information content (AvgIpc) is 2.81. The monoisotopic (exact) mass is 255 g/mol. The highest BCUT2D eigenvalue weighted by molar-refractivity contribution is 5.78. The van der Waals surface area contributed by atoms with Crippen molar-refractivity contribution in [1.29, 1.82) is 0 Å². The van der Waals surface area contributed by atoms with Gasteiger partial charge in [-0.05, 0) is 48.7 Å². The standard InChI is InChI=1S/C16H21N3/c1-16(11-17)6-8-19(12-16)10-13-4-5-15-14(9-13)3-2-7-18-15/h2-5,7,9H,6,8,10-12,17H2,1H3. The maximum Gasteiger partial charge on any atom is 0.0702 e. The van der Waals surface area contributed by atoms with Crippen molar-refractivity contribution >= 4 is 10.9 Å². The predicted octanol–water partition coefficient (Wildman–Crippen LogP) is 2.41. The van der Waals surface area contributed by atoms with Crippen LogP contribution in [0.25, 0.3) is 10.9 Å². The zero-order valence-electron chi connectivity index (χ0n) is 11.5. The molecule has 0 bridgehead atoms. The maximum absolute atomic E-state index is 5.86. The van der Waals surface area contributed by atoms with Crippen LogP contribution < -0.4 is 5.73 Å². The van der Waals surface area contributed by atoms with Gasteiger partial charge in [-0.3, -0.25) is 9.88 Å². The van der Waals surface area contributed by atoms with Gasteiger partial charge in [0, 0.05) is 24.7 Å². The second-order valence-corrected chi connectivity index (χ2v) is 6.01. The number of nitrogens with two attached hydrogens (primary N) is 1. The summed E-state index contributed by atoms with van der Waals surface area (Å²) < 4.78 is 0. The van der Waals surface area contributed by atoms with Crippen LogP contribution in [0.4, 0.5) is 0 Å². The first-order valence-electron chi connectivity index (χ1n) is 6.95. The molecule has 100 valence electrons. The molecular formula is C16H21N3. The Labute approximate surface area is 114 Å². The molecule has 0 aliphatic carbocycles. The van der Waals surface area contributed by atoms with Gasteiger partial charge in [0.25, 0.3) is 0 Å². The predicted molar refractivity (Wildman–Crippen MR) is 78.8 cm³/mol. The summed E-state index contributed by atoms with van der Waals surface area (Å²) in [7, 11) is 0. The lowest BCUT2D eigenvalue weighted by molar-refractivity contribution is 0.274. The molecule has 1 aromatic carbocycles. The Balaban J connectivity index is 1.75. The van der Waals surface area contributed by atoms with Crippen LogP contribution in [-0.2, 0) is 6.54 Å². The zero-order chi connectivity index (χ0) is 13.3. The number of nitrogens with zero attached hydrogens (tertiary/aromatic N) is 2. The van der Waals surface area contributed by atoms with Gasteiger partial charge in [0.15, 0.2) is 0 Å². The molecule has 3 nitrogen and oxygen atoms in total. The lowest BCUT2D eigenvalue weighted by atomic mass is 9.90. The van der Waals surface area contributed by atoms with Crippen LogP contribution in [0.5, 0.6) is 0 Å². The fourth-order valence-corrected chi connectivity index (χ4v) is 2.91. The molecule has 1 fully saturated rings. The molecule has 1 saturated heterocycles. The molecule has 2 aromatic rings. The van der Waals surface area contributed by atoms with E-state index in [1.807, 2.05) is 12.3 Å². The number of aromatic nitrogens is 1. The summed E-state index contributed by atoms with van der Waals surface area (Å²) in [4.78, 5) is 6.86. The van der Waals surface area contributed by atoms with Crippen LogP contribution in [-0.4, -0.2) is 29.5 Å². The normalized spacial score (nSPS) is 24.1. The Morgan fingerprint density at radius 3 is 3.05 bits per heavy atom. The van der Waals surface area contributed by atoms with Crippen LogP contribution in [0.2, 0.25) is 0 Å². The SMILES string of the molecule is CC1(CN)CCN(Cc2ccc3ncccc3c2)C1. The second kappa shape index (κ2) is 4.91. The van der Waals surface area contributed by atoms with Crippen LogP contribution in [0.3, 0.4) is 0 Å². The summed E-state index contributed by atoms with van der Waals surface area (Å²) >= 11 is 0. The van der Waals surface area contributed by atoms with Crippen molar-refractivity contribution in [3.05, 3.63) is 42.1 Å². The molecule has 3 heteroatoms. The van der Waals surface area contributed by atoms with Crippen LogP contribution in [0.1, 0.15) is 18.9 Å². The lowest BCUT2D eigenvalue weighted by Gasteiger charge is -2.22. The van der Waals surface area contributed by atoms with Gasteiger partial charge in [-0.15, -0.1) is 0 Å². The van der Waals surface area contributed by atoms with Crippen molar-refractivity contribution in [3.8, 4) is 0 Å². The van der Waals surface area contributed by atoms with E-state index in [4.69, 9.17) is 5.73 Å². The Bertz CT molecular complexity index is 581. The fraction of sp³-hybridized carbons (Fsp3) is 0.438. The Hall–Kier alpha value is -1.45. The number of hydrogen-bond acceptors (Lipinski definition) is 3. The van der Waals surface area contributed by atoms with E-state index in [1.54, 1.807) is 0 Å². The third-order valence-corrected chi connectivity index (χ3v) is 4.20. The molecule has 3 rings (SSSR count). The molecule has 0 spiro atoms. The molecule has 0 radical (unpaired) electrons. The van der Waals surface area contributed by atoms with E-state index in [0.717, 1.165) is 31.7 Å². The molecule has 1 aliphatic heterocycles. The van der Waals surface area contributed by atoms with Crippen LogP contribution in [0.15, 0.2) is 36.5 Å². The highest BCUT2D eigenvalue weighted by Crippen LogP contribution is 2.29. The molecule has 1 aliphatic rings. The third-order valence-electron chi connectivity index (χ3n) is 4.20. The van der Waals surface area contributed by atoms with Crippen molar-refractivity contribution < 1.29 is 0 Å². The summed E-state index contributed by atoms with van der Waals surface area (Å²) in [5.74, 6) is 0. The molecule has 1 aromatic heterocycles. The van der Waals surface area contributed by atoms with Gasteiger partial charge in [-0.25, -0.2) is 0 Å². The zero-order valence-corrected chi connectivity index (χ0v) is 11.5. The van der Waals surface area contributed by atoms with E-state index in [1.165, 1.54) is 17.4 Å². The summed E-state index contributed by atoms with van der Waals surface area (Å²) in [5, 5.41) is 1.22. The average molecular weight is 255 g/mol. The van der Waals surface area contributed by atoms with Gasteiger partial charge in [-0.1, -0.05) is 19.1 Å². The van der Waals surface area contributed by atoms with E-state index in [-0.39, 0.29) is 0 Å². The molecule has 0 amide bonds. The largest absolute Gasteiger partial charge is 0.330 e. The van der Waals surface area contributed by atoms with Gasteiger partial charge >= 0.3 is 0 Å². The first-order chi connectivity index (χ1) is 9.18. The van der Waals surface area contributed by atoms with Crippen LogP contribution >= 0.6 is 0 Å². The summed E-state index contributed by atoms with van der Waals surface area (Å²) in [5.41, 5.74) is 8.60. The maximum atomic E-state index is 5.86. The number of likely N-dealkylation sites (tertiary alicyclic amines) is 1. The molecule has 2 N–H and O–H groups in total. The van der Waals surface area contributed by atoms with Gasteiger partial charge in [0.05, 0.1) is 5.52 Å². The van der Waals surface area contributed by atoms with Crippen molar-refractivity contribution in [2.24, 2.45) is 11.1 Å². The number of pyridine rings is 1. The van der Waals surface area contributed by atoms with E-state index in [2.05, 4.69) is 41.1 Å². The lowest BCUT2D eigenvalue weighted by Crippen LogP contribution is -2.31. The number of hydrogen-bond donors (Lipinski definition) is 1. The number of fused-ring (bicyclic) bond motifs is 1. The quantitative estimate of drug-likeness (QED) is 0.915. The minimum atomic E-state index is 0.304. The second-order valence-electron chi connectivity index (χ2n) is 6.01. The van der Waals surface area contributed by atoms with Crippen LogP contribution in [0, 0.1) is 5.41 Å². The molecule has 1 atom stereocenters. The fourth-order valence-electron chi connectivity index (χ4n) is 2.91. The number of benzene rings is 1. The van der Waals surface area contributed by atoms with Crippen molar-refractivity contribution in [1.82, 2.24) is 9.88 Å². The highest BCUT2D eigenvalue weighted by atomic mass is 15.2. The Morgan fingerprint density at radius 1 is 1.37 bits per heavy atom. The van der Waals surface area contributed by atoms with E-state index >= 15 is 0 Å². The third kappa shape index (κ3) is 2.62. The number of rotatable bonds is 3. The van der Waals surface area contributed by atoms with E-state index in [9.17, 15) is 0 Å². The van der Waals surface area contributed by atoms with Crippen molar-refractivity contribution in [2.45, 2.75) is 19.9 Å². The van der Waals surface area contributed by atoms with Crippen molar-refractivity contribution in [2.75, 3.05) is 19.6 Å². The topological polar surface area (TPSA) is 42.1 Å². The molecule has 2 heterocycles. The minimum absolute atomic E-state index is 0.304. The summed E-state index contributed by atoms with van der Waals surface area (Å²) in [6, 6.07) is 10.7. The van der Waals surface area contributed by atoms with Gasteiger partial charge < -0.3 is 5.73 Å². The van der Waals surface area contributed by atoms with E-state index in [0.29, 0.717) is 5.41 Å². The molecule has 0 saturated carbocycles. The van der Waals surface area contributed by atoms with Gasteiger partial charge in [-0.2, -0.15) is 0 Å². The smallest absolute Gasteiger partial charge is 0.0702 e. The Morgan fingerprint density at radius 2 is 2.26 bits per heavy atom. The van der Waals surface area contributed by atoms with Crippen molar-refractivity contribution in [3.63, 3.8) is 0 Å². The Kier molecular flexibility index (Phi) is 3.25. The molecule has 19 heavy (non-hydrogen) atoms. The summed E-state index contributed by atoms with van der Waals surface area (Å²) in [6.45, 7) is 6.34. The first-order valence-corrected chi connectivity index (χ1v) is 6.95. The van der Waals surface area contributed by atoms with E-state index < -0.39 is 0 Å². The minimum Gasteiger partial charge on any atom is -0.330 e. The summed E-state index contributed by atoms with van der Waals surface area (Å²) in [6.07, 6.45) is 3.05.